The predicted octanol–water partition coefficient (Wildman–Crippen LogP) is 3.86. The van der Waals surface area contributed by atoms with E-state index in [-0.39, 0.29) is 16.9 Å². The molecule has 0 saturated carbocycles. The number of aryl methyl sites for hydroxylation is 1. The van der Waals surface area contributed by atoms with Crippen LogP contribution >= 0.6 is 0 Å². The number of ether oxygens (including phenoxy) is 1. The highest BCUT2D eigenvalue weighted by Gasteiger charge is 2.62. The third kappa shape index (κ3) is 2.10. The first-order valence-electron chi connectivity index (χ1n) is 10.3. The fourth-order valence-electron chi connectivity index (χ4n) is 5.68. The Hall–Kier alpha value is -2.17. The van der Waals surface area contributed by atoms with Gasteiger partial charge in [-0.3, -0.25) is 10.1 Å². The first kappa shape index (κ1) is 17.9. The molecule has 0 bridgehead atoms. The SMILES string of the molecule is CCc1cc2c3c(c1)[C@@]1(NCCO1)C(=O)N3C(C)(C)C[C@]2(C)c1ccccc1. The van der Waals surface area contributed by atoms with E-state index in [4.69, 9.17) is 4.74 Å². The molecule has 2 atom stereocenters. The van der Waals surface area contributed by atoms with E-state index in [1.807, 2.05) is 4.90 Å². The van der Waals surface area contributed by atoms with Gasteiger partial charge >= 0.3 is 0 Å². The number of rotatable bonds is 2. The molecular formula is C24H28N2O2. The molecule has 5 rings (SSSR count). The van der Waals surface area contributed by atoms with Gasteiger partial charge in [-0.2, -0.15) is 0 Å². The molecule has 146 valence electrons. The van der Waals surface area contributed by atoms with E-state index in [1.165, 1.54) is 16.7 Å². The first-order valence-corrected chi connectivity index (χ1v) is 10.3. The van der Waals surface area contributed by atoms with Gasteiger partial charge in [0.15, 0.2) is 0 Å². The number of amides is 1. The molecule has 2 aromatic carbocycles. The van der Waals surface area contributed by atoms with Crippen molar-refractivity contribution < 1.29 is 9.53 Å². The number of nitrogens with zero attached hydrogens (tertiary/aromatic N) is 1. The van der Waals surface area contributed by atoms with Gasteiger partial charge in [0.25, 0.3) is 5.91 Å². The summed E-state index contributed by atoms with van der Waals surface area (Å²) in [7, 11) is 0. The molecule has 1 amide bonds. The molecule has 3 heterocycles. The smallest absolute Gasteiger partial charge is 0.280 e. The normalized spacial score (nSPS) is 30.1. The number of carbonyl (C=O) groups is 1. The van der Waals surface area contributed by atoms with E-state index in [0.717, 1.165) is 24.1 Å². The lowest BCUT2D eigenvalue weighted by Gasteiger charge is -2.50. The molecule has 4 heteroatoms. The molecule has 3 aliphatic rings. The highest BCUT2D eigenvalue weighted by molar-refractivity contribution is 6.09. The Morgan fingerprint density at radius 2 is 1.82 bits per heavy atom. The van der Waals surface area contributed by atoms with E-state index < -0.39 is 5.72 Å². The minimum atomic E-state index is -1.02. The molecule has 4 nitrogen and oxygen atoms in total. The van der Waals surface area contributed by atoms with Gasteiger partial charge in [-0.15, -0.1) is 0 Å². The molecule has 0 aliphatic carbocycles. The maximum Gasteiger partial charge on any atom is 0.280 e. The Kier molecular flexibility index (Phi) is 3.63. The number of hydrogen-bond acceptors (Lipinski definition) is 3. The highest BCUT2D eigenvalue weighted by Crippen LogP contribution is 2.58. The summed E-state index contributed by atoms with van der Waals surface area (Å²) in [5.41, 5.74) is 4.35. The van der Waals surface area contributed by atoms with Gasteiger partial charge in [-0.05, 0) is 49.4 Å². The monoisotopic (exact) mass is 376 g/mol. The van der Waals surface area contributed by atoms with Crippen LogP contribution in [0.4, 0.5) is 5.69 Å². The summed E-state index contributed by atoms with van der Waals surface area (Å²) >= 11 is 0. The number of hydrogen-bond donors (Lipinski definition) is 1. The van der Waals surface area contributed by atoms with Crippen molar-refractivity contribution in [1.82, 2.24) is 5.32 Å². The number of fused-ring (bicyclic) bond motifs is 1. The number of nitrogens with one attached hydrogen (secondary N) is 1. The van der Waals surface area contributed by atoms with E-state index >= 15 is 0 Å². The Bertz CT molecular complexity index is 960. The molecule has 1 N–H and O–H groups in total. The average Bonchev–Trinajstić information content (AvgIpc) is 3.26. The maximum absolute atomic E-state index is 13.7. The molecular weight excluding hydrogens is 348 g/mol. The average molecular weight is 377 g/mol. The second-order valence-electron chi connectivity index (χ2n) is 9.18. The molecule has 1 spiro atoms. The van der Waals surface area contributed by atoms with Crippen LogP contribution < -0.4 is 10.2 Å². The van der Waals surface area contributed by atoms with Crippen LogP contribution in [0.25, 0.3) is 0 Å². The molecule has 0 aromatic heterocycles. The zero-order valence-electron chi connectivity index (χ0n) is 17.1. The van der Waals surface area contributed by atoms with Crippen molar-refractivity contribution in [2.75, 3.05) is 18.1 Å². The van der Waals surface area contributed by atoms with Crippen molar-refractivity contribution in [1.29, 1.82) is 0 Å². The lowest BCUT2D eigenvalue weighted by molar-refractivity contribution is -0.141. The van der Waals surface area contributed by atoms with Crippen LogP contribution in [0.15, 0.2) is 42.5 Å². The second-order valence-corrected chi connectivity index (χ2v) is 9.18. The number of benzene rings is 2. The Morgan fingerprint density at radius 3 is 2.46 bits per heavy atom. The minimum Gasteiger partial charge on any atom is -0.346 e. The zero-order valence-corrected chi connectivity index (χ0v) is 17.1. The van der Waals surface area contributed by atoms with Crippen LogP contribution in [0, 0.1) is 0 Å². The molecule has 2 aromatic rings. The van der Waals surface area contributed by atoms with E-state index in [1.54, 1.807) is 0 Å². The lowest BCUT2D eigenvalue weighted by Crippen LogP contribution is -2.58. The number of carbonyl (C=O) groups excluding carboxylic acids is 1. The van der Waals surface area contributed by atoms with Crippen molar-refractivity contribution in [2.45, 2.75) is 57.2 Å². The van der Waals surface area contributed by atoms with Crippen molar-refractivity contribution >= 4 is 11.6 Å². The van der Waals surface area contributed by atoms with E-state index in [0.29, 0.717) is 13.2 Å². The summed E-state index contributed by atoms with van der Waals surface area (Å²) in [5.74, 6) is 0.0367. The van der Waals surface area contributed by atoms with Gasteiger partial charge in [0.1, 0.15) is 0 Å². The Morgan fingerprint density at radius 1 is 1.11 bits per heavy atom. The summed E-state index contributed by atoms with van der Waals surface area (Å²) in [6.45, 7) is 10.1. The Labute approximate surface area is 166 Å². The summed E-state index contributed by atoms with van der Waals surface area (Å²) in [6.07, 6.45) is 1.80. The van der Waals surface area contributed by atoms with Gasteiger partial charge in [0.2, 0.25) is 5.72 Å². The molecule has 3 aliphatic heterocycles. The van der Waals surface area contributed by atoms with Crippen molar-refractivity contribution in [3.05, 3.63) is 64.7 Å². The second kappa shape index (κ2) is 5.68. The van der Waals surface area contributed by atoms with Crippen LogP contribution in [0.5, 0.6) is 0 Å². The van der Waals surface area contributed by atoms with Gasteiger partial charge in [-0.1, -0.05) is 50.2 Å². The third-order valence-electron chi connectivity index (χ3n) is 6.88. The standard InChI is InChI=1S/C24H28N2O2/c1-5-16-13-18-20-19(14-16)24(25-11-12-28-24)21(27)26(20)22(2,3)15-23(18,4)17-9-7-6-8-10-17/h6-10,13-14,25H,5,11-12,15H2,1-4H3/t23-,24+/m1/s1. The molecule has 28 heavy (non-hydrogen) atoms. The summed E-state index contributed by atoms with van der Waals surface area (Å²) in [4.78, 5) is 15.7. The molecule has 1 saturated heterocycles. The summed E-state index contributed by atoms with van der Waals surface area (Å²) in [6, 6.07) is 15.2. The largest absolute Gasteiger partial charge is 0.346 e. The molecule has 0 unspecified atom stereocenters. The third-order valence-corrected chi connectivity index (χ3v) is 6.88. The first-order chi connectivity index (χ1) is 13.3. The van der Waals surface area contributed by atoms with Gasteiger partial charge in [-0.25, -0.2) is 0 Å². The molecule has 0 radical (unpaired) electrons. The van der Waals surface area contributed by atoms with Crippen LogP contribution in [0.3, 0.4) is 0 Å². The summed E-state index contributed by atoms with van der Waals surface area (Å²) in [5, 5.41) is 3.40. The Balaban J connectivity index is 1.85. The van der Waals surface area contributed by atoms with Crippen molar-refractivity contribution in [3.8, 4) is 0 Å². The van der Waals surface area contributed by atoms with E-state index in [2.05, 4.69) is 75.5 Å². The highest BCUT2D eigenvalue weighted by atomic mass is 16.5. The van der Waals surface area contributed by atoms with Gasteiger partial charge < -0.3 is 9.64 Å². The lowest BCUT2D eigenvalue weighted by atomic mass is 9.65. The quantitative estimate of drug-likeness (QED) is 0.865. The zero-order chi connectivity index (χ0) is 19.7. The van der Waals surface area contributed by atoms with Crippen LogP contribution in [0.2, 0.25) is 0 Å². The topological polar surface area (TPSA) is 41.6 Å². The van der Waals surface area contributed by atoms with Crippen LogP contribution in [0.1, 0.15) is 56.4 Å². The minimum absolute atomic E-state index is 0.0367. The van der Waals surface area contributed by atoms with Crippen LogP contribution in [-0.4, -0.2) is 24.6 Å². The summed E-state index contributed by atoms with van der Waals surface area (Å²) < 4.78 is 6.12. The van der Waals surface area contributed by atoms with Gasteiger partial charge in [0.05, 0.1) is 12.3 Å². The number of anilines is 1. The molecule has 1 fully saturated rings. The fourth-order valence-corrected chi connectivity index (χ4v) is 5.68. The van der Waals surface area contributed by atoms with Crippen molar-refractivity contribution in [2.24, 2.45) is 0 Å². The van der Waals surface area contributed by atoms with E-state index in [9.17, 15) is 4.79 Å². The van der Waals surface area contributed by atoms with Crippen molar-refractivity contribution in [3.63, 3.8) is 0 Å². The maximum atomic E-state index is 13.7. The predicted molar refractivity (Wildman–Crippen MR) is 111 cm³/mol. The van der Waals surface area contributed by atoms with Crippen LogP contribution in [-0.2, 0) is 27.1 Å². The van der Waals surface area contributed by atoms with Gasteiger partial charge in [0, 0.05) is 23.1 Å². The fraction of sp³-hybridized carbons (Fsp3) is 0.458.